The molecule has 3 N–H and O–H groups in total. The summed E-state index contributed by atoms with van der Waals surface area (Å²) >= 11 is 0. The van der Waals surface area contributed by atoms with Crippen molar-refractivity contribution in [2.45, 2.75) is 193 Å². The van der Waals surface area contributed by atoms with Crippen molar-refractivity contribution < 1.29 is 32.9 Å². The zero-order chi connectivity index (χ0) is 37.2. The number of nitrogens with zero attached hydrogens (tertiary/aromatic N) is 1. The lowest BCUT2D eigenvalue weighted by molar-refractivity contribution is -0.870. The first-order valence-corrected chi connectivity index (χ1v) is 22.2. The molecule has 0 aromatic heterocycles. The second-order valence-corrected chi connectivity index (χ2v) is 16.8. The highest BCUT2D eigenvalue weighted by atomic mass is 31.2. The lowest BCUT2D eigenvalue weighted by Gasteiger charge is -2.25. The highest BCUT2D eigenvalue weighted by Gasteiger charge is 2.27. The first-order chi connectivity index (χ1) is 24.0. The van der Waals surface area contributed by atoms with Crippen LogP contribution in [0.4, 0.5) is 0 Å². The first kappa shape index (κ1) is 49.0. The van der Waals surface area contributed by atoms with E-state index in [0.29, 0.717) is 17.4 Å². The van der Waals surface area contributed by atoms with Gasteiger partial charge in [0.05, 0.1) is 39.9 Å². The molecular weight excluding hydrogens is 647 g/mol. The van der Waals surface area contributed by atoms with E-state index >= 15 is 0 Å². The summed E-state index contributed by atoms with van der Waals surface area (Å²) in [5, 5.41) is 13.8. The van der Waals surface area contributed by atoms with Crippen LogP contribution in [0.2, 0.25) is 0 Å². The number of likely N-dealkylation sites (N-methyl/N-ethyl adjacent to an activating group) is 1. The van der Waals surface area contributed by atoms with Crippen LogP contribution in [-0.4, -0.2) is 73.4 Å². The quantitative estimate of drug-likeness (QED) is 0.0254. The second-order valence-electron chi connectivity index (χ2n) is 15.4. The number of unbranched alkanes of at least 4 members (excludes halogenated alkanes) is 22. The second kappa shape index (κ2) is 33.8. The van der Waals surface area contributed by atoms with Crippen molar-refractivity contribution in [3.05, 3.63) is 24.3 Å². The van der Waals surface area contributed by atoms with Gasteiger partial charge in [0, 0.05) is 6.42 Å². The van der Waals surface area contributed by atoms with E-state index in [9.17, 15) is 19.4 Å². The Hall–Kier alpha value is -1.02. The normalized spacial score (nSPS) is 14.8. The van der Waals surface area contributed by atoms with E-state index in [4.69, 9.17) is 9.05 Å². The third kappa shape index (κ3) is 35.4. The van der Waals surface area contributed by atoms with Gasteiger partial charge in [0.15, 0.2) is 0 Å². The van der Waals surface area contributed by atoms with Gasteiger partial charge in [-0.3, -0.25) is 13.8 Å². The van der Waals surface area contributed by atoms with Crippen LogP contribution in [-0.2, 0) is 18.4 Å². The number of aliphatic hydroxyl groups excluding tert-OH is 1. The van der Waals surface area contributed by atoms with Gasteiger partial charge in [-0.25, -0.2) is 4.57 Å². The molecule has 0 spiro atoms. The Morgan fingerprint density at radius 1 is 0.660 bits per heavy atom. The number of aliphatic hydroxyl groups is 1. The molecular formula is C41H82N2O6P+. The number of hydrogen-bond acceptors (Lipinski definition) is 5. The molecule has 9 heteroatoms. The van der Waals surface area contributed by atoms with E-state index in [1.807, 2.05) is 27.2 Å². The largest absolute Gasteiger partial charge is 0.472 e. The summed E-state index contributed by atoms with van der Waals surface area (Å²) in [6.45, 7) is 4.79. The smallest absolute Gasteiger partial charge is 0.387 e. The molecule has 1 unspecified atom stereocenters. The van der Waals surface area contributed by atoms with Gasteiger partial charge < -0.3 is 19.8 Å². The Balaban J connectivity index is 4.50. The Labute approximate surface area is 309 Å². The number of hydrogen-bond donors (Lipinski definition) is 3. The van der Waals surface area contributed by atoms with E-state index in [-0.39, 0.29) is 19.1 Å². The molecule has 50 heavy (non-hydrogen) atoms. The van der Waals surface area contributed by atoms with E-state index in [1.54, 1.807) is 6.08 Å². The van der Waals surface area contributed by atoms with Gasteiger partial charge in [-0.05, 0) is 44.9 Å². The zero-order valence-electron chi connectivity index (χ0n) is 33.4. The fourth-order valence-corrected chi connectivity index (χ4v) is 6.53. The molecule has 0 aromatic carbocycles. The molecule has 0 aliphatic heterocycles. The minimum Gasteiger partial charge on any atom is -0.387 e. The van der Waals surface area contributed by atoms with E-state index in [2.05, 4.69) is 31.3 Å². The van der Waals surface area contributed by atoms with Gasteiger partial charge in [-0.15, -0.1) is 0 Å². The van der Waals surface area contributed by atoms with Crippen LogP contribution in [0.15, 0.2) is 24.3 Å². The van der Waals surface area contributed by atoms with Crippen LogP contribution in [0, 0.1) is 0 Å². The molecule has 0 heterocycles. The lowest BCUT2D eigenvalue weighted by Crippen LogP contribution is -2.45. The predicted octanol–water partition coefficient (Wildman–Crippen LogP) is 11.0. The van der Waals surface area contributed by atoms with Gasteiger partial charge in [0.2, 0.25) is 5.91 Å². The molecule has 0 rings (SSSR count). The minimum atomic E-state index is -4.33. The zero-order valence-corrected chi connectivity index (χ0v) is 34.3. The number of rotatable bonds is 37. The Morgan fingerprint density at radius 3 is 1.54 bits per heavy atom. The summed E-state index contributed by atoms with van der Waals surface area (Å²) in [6, 6.07) is -0.846. The third-order valence-electron chi connectivity index (χ3n) is 9.17. The van der Waals surface area contributed by atoms with Crippen molar-refractivity contribution in [1.82, 2.24) is 5.32 Å². The fraction of sp³-hybridized carbons (Fsp3) is 0.878. The van der Waals surface area contributed by atoms with Crippen molar-refractivity contribution in [2.75, 3.05) is 40.9 Å². The van der Waals surface area contributed by atoms with Crippen LogP contribution in [0.1, 0.15) is 181 Å². The number of nitrogens with one attached hydrogen (secondary N) is 1. The molecule has 3 atom stereocenters. The van der Waals surface area contributed by atoms with Crippen molar-refractivity contribution in [2.24, 2.45) is 0 Å². The summed E-state index contributed by atoms with van der Waals surface area (Å²) in [5.41, 5.74) is 0. The highest BCUT2D eigenvalue weighted by Crippen LogP contribution is 2.43. The SMILES string of the molecule is CCCCCCCC/C=C\CCCCCCCC(=O)N[C@@H](COP(=O)(O)OCC[N+](C)(C)C)[C@H](O)/C=C/CCCCCCCCCCCCC. The maximum absolute atomic E-state index is 12.8. The molecule has 0 fully saturated rings. The van der Waals surface area contributed by atoms with Crippen molar-refractivity contribution >= 4 is 13.7 Å². The number of phosphoric ester groups is 1. The molecule has 0 saturated carbocycles. The number of allylic oxidation sites excluding steroid dienone is 3. The maximum Gasteiger partial charge on any atom is 0.472 e. The van der Waals surface area contributed by atoms with Crippen LogP contribution in [0.3, 0.4) is 0 Å². The van der Waals surface area contributed by atoms with E-state index in [1.165, 1.54) is 109 Å². The van der Waals surface area contributed by atoms with Gasteiger partial charge in [-0.1, -0.05) is 154 Å². The number of phosphoric acid groups is 1. The molecule has 296 valence electrons. The Kier molecular flexibility index (Phi) is 33.1. The van der Waals surface area contributed by atoms with Crippen LogP contribution in [0.25, 0.3) is 0 Å². The molecule has 0 saturated heterocycles. The predicted molar refractivity (Wildman–Crippen MR) is 212 cm³/mol. The first-order valence-electron chi connectivity index (χ1n) is 20.7. The average Bonchev–Trinajstić information content (AvgIpc) is 3.06. The Bertz CT molecular complexity index is 876. The molecule has 0 aromatic rings. The third-order valence-corrected chi connectivity index (χ3v) is 10.1. The molecule has 0 aliphatic rings. The number of carbonyl (C=O) groups excluding carboxylic acids is 1. The van der Waals surface area contributed by atoms with Gasteiger partial charge in [-0.2, -0.15) is 0 Å². The van der Waals surface area contributed by atoms with Gasteiger partial charge in [0.1, 0.15) is 13.2 Å². The van der Waals surface area contributed by atoms with Crippen molar-refractivity contribution in [3.8, 4) is 0 Å². The topological polar surface area (TPSA) is 105 Å². The maximum atomic E-state index is 12.8. The minimum absolute atomic E-state index is 0.0607. The van der Waals surface area contributed by atoms with Crippen LogP contribution in [0.5, 0.6) is 0 Å². The van der Waals surface area contributed by atoms with Gasteiger partial charge >= 0.3 is 7.82 Å². The number of quaternary nitrogens is 1. The van der Waals surface area contributed by atoms with E-state index < -0.39 is 20.0 Å². The monoisotopic (exact) mass is 730 g/mol. The highest BCUT2D eigenvalue weighted by molar-refractivity contribution is 7.47. The Morgan fingerprint density at radius 2 is 1.08 bits per heavy atom. The average molecular weight is 730 g/mol. The summed E-state index contributed by atoms with van der Waals surface area (Å²) < 4.78 is 23.5. The molecule has 1 amide bonds. The molecule has 0 radical (unpaired) electrons. The molecule has 0 bridgehead atoms. The molecule has 0 aliphatic carbocycles. The summed E-state index contributed by atoms with van der Waals surface area (Å²) in [5.74, 6) is -0.187. The number of amides is 1. The fourth-order valence-electron chi connectivity index (χ4n) is 5.80. The summed E-state index contributed by atoms with van der Waals surface area (Å²) in [4.78, 5) is 23.0. The summed E-state index contributed by atoms with van der Waals surface area (Å²) in [6.07, 6.45) is 38.0. The molecule has 8 nitrogen and oxygen atoms in total. The van der Waals surface area contributed by atoms with Gasteiger partial charge in [0.25, 0.3) is 0 Å². The standard InChI is InChI=1S/C41H81N2O6P/c1-6-8-10-12-14-16-18-20-21-23-25-27-29-31-33-35-41(45)42-39(38-49-50(46,47)48-37-36-43(3,4)5)40(44)34-32-30-28-26-24-22-19-17-15-13-11-9-7-2/h20-21,32,34,39-40,44H,6-19,22-31,33,35-38H2,1-5H3,(H-,42,45,46,47)/p+1/b21-20-,34-32+/t39-,40+/m0/s1. The van der Waals surface area contributed by atoms with Crippen LogP contribution < -0.4 is 5.32 Å². The van der Waals surface area contributed by atoms with E-state index in [0.717, 1.165) is 51.4 Å². The van der Waals surface area contributed by atoms with Crippen LogP contribution >= 0.6 is 7.82 Å². The number of carbonyl (C=O) groups is 1. The van der Waals surface area contributed by atoms with Crippen molar-refractivity contribution in [1.29, 1.82) is 0 Å². The summed E-state index contributed by atoms with van der Waals surface area (Å²) in [7, 11) is 1.57. The van der Waals surface area contributed by atoms with Crippen molar-refractivity contribution in [3.63, 3.8) is 0 Å². The lowest BCUT2D eigenvalue weighted by atomic mass is 10.0.